The number of hydrogen-bond acceptors (Lipinski definition) is 6. The molecule has 0 atom stereocenters. The fraction of sp³-hybridized carbons (Fsp3) is 0.444. The predicted octanol–water partition coefficient (Wildman–Crippen LogP) is 2.51. The van der Waals surface area contributed by atoms with Crippen molar-refractivity contribution >= 4 is 29.4 Å². The second kappa shape index (κ2) is 8.31. The topological polar surface area (TPSA) is 74.2 Å². The van der Waals surface area contributed by atoms with Crippen molar-refractivity contribution in [1.29, 1.82) is 0 Å². The van der Waals surface area contributed by atoms with Crippen LogP contribution in [-0.4, -0.2) is 48.0 Å². The van der Waals surface area contributed by atoms with E-state index in [1.165, 1.54) is 6.42 Å². The number of carbonyl (C=O) groups is 1. The van der Waals surface area contributed by atoms with Gasteiger partial charge in [0.05, 0.1) is 17.1 Å². The van der Waals surface area contributed by atoms with E-state index in [4.69, 9.17) is 11.6 Å². The van der Waals surface area contributed by atoms with E-state index in [2.05, 4.69) is 25.2 Å². The highest BCUT2D eigenvalue weighted by atomic mass is 35.5. The lowest BCUT2D eigenvalue weighted by Gasteiger charge is -2.27. The largest absolute Gasteiger partial charge is 0.347 e. The highest BCUT2D eigenvalue weighted by molar-refractivity contribution is 6.33. The number of amides is 1. The van der Waals surface area contributed by atoms with Crippen molar-refractivity contribution in [1.82, 2.24) is 20.3 Å². The third-order valence-corrected chi connectivity index (χ3v) is 4.55. The zero-order chi connectivity index (χ0) is 18.5. The second-order valence-electron chi connectivity index (χ2n) is 6.46. The van der Waals surface area contributed by atoms with Gasteiger partial charge in [-0.3, -0.25) is 4.79 Å². The maximum Gasteiger partial charge on any atom is 0.253 e. The fourth-order valence-electron chi connectivity index (χ4n) is 2.81. The van der Waals surface area contributed by atoms with Gasteiger partial charge in [0.2, 0.25) is 11.9 Å². The van der Waals surface area contributed by atoms with Crippen LogP contribution in [0.2, 0.25) is 5.02 Å². The van der Waals surface area contributed by atoms with E-state index in [1.807, 2.05) is 19.0 Å². The number of aromatic nitrogens is 3. The molecule has 138 valence electrons. The fourth-order valence-corrected chi connectivity index (χ4v) is 3.03. The highest BCUT2D eigenvalue weighted by Crippen LogP contribution is 2.18. The van der Waals surface area contributed by atoms with E-state index in [-0.39, 0.29) is 12.5 Å². The highest BCUT2D eigenvalue weighted by Gasteiger charge is 2.17. The quantitative estimate of drug-likeness (QED) is 0.866. The molecule has 1 aliphatic heterocycles. The van der Waals surface area contributed by atoms with Crippen molar-refractivity contribution in [3.8, 4) is 0 Å². The van der Waals surface area contributed by atoms with Crippen LogP contribution in [0.1, 0.15) is 35.4 Å². The Hall–Kier alpha value is -2.41. The standard InChI is InChI=1S/C18H23ClN6O/c1-24(2)17-21-15(22-18(23-17)25-10-6-3-7-11-25)12-20-16(26)13-8-4-5-9-14(13)19/h4-5,8-9H,3,6-7,10-12H2,1-2H3,(H,20,26). The molecule has 1 aromatic heterocycles. The van der Waals surface area contributed by atoms with Crippen molar-refractivity contribution in [2.75, 3.05) is 37.0 Å². The maximum absolute atomic E-state index is 12.4. The Morgan fingerprint density at radius 1 is 1.15 bits per heavy atom. The number of piperidine rings is 1. The minimum atomic E-state index is -0.248. The van der Waals surface area contributed by atoms with Gasteiger partial charge in [-0.15, -0.1) is 0 Å². The molecule has 1 amide bonds. The first-order chi connectivity index (χ1) is 12.5. The summed E-state index contributed by atoms with van der Waals surface area (Å²) < 4.78 is 0. The molecule has 8 heteroatoms. The van der Waals surface area contributed by atoms with Crippen molar-refractivity contribution in [3.63, 3.8) is 0 Å². The Balaban J connectivity index is 1.77. The van der Waals surface area contributed by atoms with Gasteiger partial charge in [-0.1, -0.05) is 23.7 Å². The molecule has 1 N–H and O–H groups in total. The van der Waals surface area contributed by atoms with Crippen molar-refractivity contribution in [2.24, 2.45) is 0 Å². The molecule has 0 radical (unpaired) electrons. The Morgan fingerprint density at radius 2 is 1.88 bits per heavy atom. The molecule has 26 heavy (non-hydrogen) atoms. The lowest BCUT2D eigenvalue weighted by atomic mass is 10.1. The molecular formula is C18H23ClN6O. The summed E-state index contributed by atoms with van der Waals surface area (Å²) in [4.78, 5) is 29.9. The van der Waals surface area contributed by atoms with E-state index in [1.54, 1.807) is 24.3 Å². The first-order valence-electron chi connectivity index (χ1n) is 8.74. The van der Waals surface area contributed by atoms with Crippen LogP contribution in [0, 0.1) is 0 Å². The van der Waals surface area contributed by atoms with Gasteiger partial charge < -0.3 is 15.1 Å². The number of rotatable bonds is 5. The lowest BCUT2D eigenvalue weighted by molar-refractivity contribution is 0.0950. The molecule has 1 saturated heterocycles. The van der Waals surface area contributed by atoms with E-state index in [0.717, 1.165) is 25.9 Å². The lowest BCUT2D eigenvalue weighted by Crippen LogP contribution is -2.33. The normalized spacial score (nSPS) is 14.2. The summed E-state index contributed by atoms with van der Waals surface area (Å²) in [7, 11) is 3.78. The average molecular weight is 375 g/mol. The molecule has 2 heterocycles. The number of nitrogens with one attached hydrogen (secondary N) is 1. The Kier molecular flexibility index (Phi) is 5.88. The molecule has 3 rings (SSSR count). The molecule has 1 fully saturated rings. The van der Waals surface area contributed by atoms with Crippen molar-refractivity contribution in [2.45, 2.75) is 25.8 Å². The molecule has 2 aromatic rings. The summed E-state index contributed by atoms with van der Waals surface area (Å²) in [5.74, 6) is 1.54. The van der Waals surface area contributed by atoms with Crippen molar-refractivity contribution in [3.05, 3.63) is 40.7 Å². The Morgan fingerprint density at radius 3 is 2.58 bits per heavy atom. The Labute approximate surface area is 158 Å². The predicted molar refractivity (Wildman–Crippen MR) is 103 cm³/mol. The van der Waals surface area contributed by atoms with Gasteiger partial charge in [-0.05, 0) is 31.4 Å². The first-order valence-corrected chi connectivity index (χ1v) is 9.12. The number of nitrogens with zero attached hydrogens (tertiary/aromatic N) is 5. The summed E-state index contributed by atoms with van der Waals surface area (Å²) in [6.07, 6.45) is 3.52. The van der Waals surface area contributed by atoms with Gasteiger partial charge in [0.1, 0.15) is 0 Å². The Bertz CT molecular complexity index is 776. The van der Waals surface area contributed by atoms with Gasteiger partial charge in [0, 0.05) is 27.2 Å². The number of halogens is 1. The van der Waals surface area contributed by atoms with E-state index in [0.29, 0.717) is 28.3 Å². The van der Waals surface area contributed by atoms with E-state index < -0.39 is 0 Å². The number of benzene rings is 1. The van der Waals surface area contributed by atoms with Crippen LogP contribution in [-0.2, 0) is 6.54 Å². The minimum absolute atomic E-state index is 0.217. The minimum Gasteiger partial charge on any atom is -0.347 e. The van der Waals surface area contributed by atoms with E-state index >= 15 is 0 Å². The SMILES string of the molecule is CN(C)c1nc(CNC(=O)c2ccccc2Cl)nc(N2CCCCC2)n1. The molecule has 0 bridgehead atoms. The van der Waals surface area contributed by atoms with E-state index in [9.17, 15) is 4.79 Å². The molecule has 0 saturated carbocycles. The molecule has 7 nitrogen and oxygen atoms in total. The number of hydrogen-bond donors (Lipinski definition) is 1. The summed E-state index contributed by atoms with van der Waals surface area (Å²) in [6.45, 7) is 2.11. The summed E-state index contributed by atoms with van der Waals surface area (Å²) in [5.41, 5.74) is 0.437. The van der Waals surface area contributed by atoms with Gasteiger partial charge in [0.25, 0.3) is 5.91 Å². The van der Waals surface area contributed by atoms with Gasteiger partial charge in [-0.25, -0.2) is 0 Å². The summed E-state index contributed by atoms with van der Waals surface area (Å²) >= 11 is 6.08. The first kappa shape index (κ1) is 18.4. The van der Waals surface area contributed by atoms with Gasteiger partial charge in [-0.2, -0.15) is 15.0 Å². The molecule has 1 aromatic carbocycles. The molecule has 0 aliphatic carbocycles. The zero-order valence-corrected chi connectivity index (χ0v) is 15.8. The molecule has 0 spiro atoms. The molecule has 1 aliphatic rings. The monoisotopic (exact) mass is 374 g/mol. The van der Waals surface area contributed by atoms with Gasteiger partial charge in [0.15, 0.2) is 5.82 Å². The van der Waals surface area contributed by atoms with Crippen LogP contribution in [0.15, 0.2) is 24.3 Å². The van der Waals surface area contributed by atoms with Crippen molar-refractivity contribution < 1.29 is 4.79 Å². The number of carbonyl (C=O) groups excluding carboxylic acids is 1. The summed E-state index contributed by atoms with van der Waals surface area (Å²) in [5, 5.41) is 3.26. The number of anilines is 2. The third kappa shape index (κ3) is 4.40. The third-order valence-electron chi connectivity index (χ3n) is 4.22. The summed E-state index contributed by atoms with van der Waals surface area (Å²) in [6, 6.07) is 6.95. The molecular weight excluding hydrogens is 352 g/mol. The zero-order valence-electron chi connectivity index (χ0n) is 15.1. The van der Waals surface area contributed by atoms with Crippen LogP contribution < -0.4 is 15.1 Å². The maximum atomic E-state index is 12.4. The van der Waals surface area contributed by atoms with Gasteiger partial charge >= 0.3 is 0 Å². The van der Waals surface area contributed by atoms with Crippen LogP contribution in [0.5, 0.6) is 0 Å². The van der Waals surface area contributed by atoms with Crippen LogP contribution in [0.4, 0.5) is 11.9 Å². The smallest absolute Gasteiger partial charge is 0.253 e. The second-order valence-corrected chi connectivity index (χ2v) is 6.86. The van der Waals surface area contributed by atoms with Crippen LogP contribution >= 0.6 is 11.6 Å². The molecule has 0 unspecified atom stereocenters. The van der Waals surface area contributed by atoms with Crippen LogP contribution in [0.3, 0.4) is 0 Å². The van der Waals surface area contributed by atoms with Crippen LogP contribution in [0.25, 0.3) is 0 Å². The average Bonchev–Trinajstić information content (AvgIpc) is 2.67.